The van der Waals surface area contributed by atoms with Crippen LogP contribution in [0.2, 0.25) is 0 Å². The van der Waals surface area contributed by atoms with Gasteiger partial charge in [-0.05, 0) is 49.9 Å². The van der Waals surface area contributed by atoms with Crippen LogP contribution in [0.15, 0.2) is 48.7 Å². The molecule has 1 heteroatoms. The van der Waals surface area contributed by atoms with E-state index in [1.165, 1.54) is 33.0 Å². The van der Waals surface area contributed by atoms with Crippen LogP contribution in [0.4, 0.5) is 0 Å². The highest BCUT2D eigenvalue weighted by Crippen LogP contribution is 2.29. The highest BCUT2D eigenvalue weighted by atomic mass is 14.7. The maximum absolute atomic E-state index is 4.60. The molecule has 0 bridgehead atoms. The zero-order chi connectivity index (χ0) is 13.4. The molecule has 0 amide bonds. The quantitative estimate of drug-likeness (QED) is 0.600. The summed E-state index contributed by atoms with van der Waals surface area (Å²) in [7, 11) is 0. The lowest BCUT2D eigenvalue weighted by Gasteiger charge is -2.09. The molecule has 3 rings (SSSR count). The maximum atomic E-state index is 4.60. The van der Waals surface area contributed by atoms with Crippen LogP contribution in [0.3, 0.4) is 0 Å². The van der Waals surface area contributed by atoms with Gasteiger partial charge in [0.2, 0.25) is 0 Å². The molecule has 0 aliphatic carbocycles. The number of hydrogen-bond acceptors (Lipinski definition) is 1. The van der Waals surface area contributed by atoms with Gasteiger partial charge in [-0.1, -0.05) is 35.4 Å². The third kappa shape index (κ3) is 2.12. The number of pyridine rings is 1. The Morgan fingerprint density at radius 1 is 0.789 bits per heavy atom. The van der Waals surface area contributed by atoms with Gasteiger partial charge in [-0.25, -0.2) is 0 Å². The van der Waals surface area contributed by atoms with Crippen molar-refractivity contribution in [2.75, 3.05) is 0 Å². The van der Waals surface area contributed by atoms with Crippen LogP contribution < -0.4 is 0 Å². The van der Waals surface area contributed by atoms with Crippen molar-refractivity contribution in [1.82, 2.24) is 4.98 Å². The SMILES string of the molecule is Cc1cc(C)cc(-c2nccc3c(C)cccc23)c1. The topological polar surface area (TPSA) is 12.9 Å². The summed E-state index contributed by atoms with van der Waals surface area (Å²) in [6, 6.07) is 15.1. The van der Waals surface area contributed by atoms with Gasteiger partial charge >= 0.3 is 0 Å². The molecule has 0 aliphatic heterocycles. The summed E-state index contributed by atoms with van der Waals surface area (Å²) in [5.74, 6) is 0. The van der Waals surface area contributed by atoms with Crippen molar-refractivity contribution in [2.45, 2.75) is 20.8 Å². The summed E-state index contributed by atoms with van der Waals surface area (Å²) in [5, 5.41) is 2.51. The van der Waals surface area contributed by atoms with E-state index in [0.29, 0.717) is 0 Å². The molecule has 0 saturated heterocycles. The van der Waals surface area contributed by atoms with Crippen LogP contribution in [0, 0.1) is 20.8 Å². The fourth-order valence-electron chi connectivity index (χ4n) is 2.71. The van der Waals surface area contributed by atoms with Gasteiger partial charge in [0.25, 0.3) is 0 Å². The Morgan fingerprint density at radius 2 is 1.53 bits per heavy atom. The van der Waals surface area contributed by atoms with Crippen molar-refractivity contribution < 1.29 is 0 Å². The van der Waals surface area contributed by atoms with Gasteiger partial charge in [-0.3, -0.25) is 4.98 Å². The van der Waals surface area contributed by atoms with Crippen molar-refractivity contribution in [3.8, 4) is 11.3 Å². The fraction of sp³-hybridized carbons (Fsp3) is 0.167. The first-order valence-corrected chi connectivity index (χ1v) is 6.58. The molecule has 1 nitrogen and oxygen atoms in total. The molecule has 94 valence electrons. The molecule has 19 heavy (non-hydrogen) atoms. The molecule has 1 heterocycles. The van der Waals surface area contributed by atoms with Crippen molar-refractivity contribution in [2.24, 2.45) is 0 Å². The lowest BCUT2D eigenvalue weighted by atomic mass is 9.99. The molecule has 3 aromatic rings. The predicted molar refractivity (Wildman–Crippen MR) is 81.4 cm³/mol. The largest absolute Gasteiger partial charge is 0.256 e. The van der Waals surface area contributed by atoms with Crippen molar-refractivity contribution in [3.63, 3.8) is 0 Å². The third-order valence-corrected chi connectivity index (χ3v) is 3.52. The first-order chi connectivity index (χ1) is 9.15. The van der Waals surface area contributed by atoms with Crippen LogP contribution in [-0.2, 0) is 0 Å². The molecule has 0 aliphatic rings. The number of nitrogens with zero attached hydrogens (tertiary/aromatic N) is 1. The number of benzene rings is 2. The van der Waals surface area contributed by atoms with Gasteiger partial charge in [0, 0.05) is 17.1 Å². The van der Waals surface area contributed by atoms with E-state index < -0.39 is 0 Å². The molecule has 1 aromatic heterocycles. The lowest BCUT2D eigenvalue weighted by molar-refractivity contribution is 1.32. The monoisotopic (exact) mass is 247 g/mol. The van der Waals surface area contributed by atoms with E-state index in [2.05, 4.69) is 68.2 Å². The molecular formula is C18H17N. The summed E-state index contributed by atoms with van der Waals surface area (Å²) >= 11 is 0. The summed E-state index contributed by atoms with van der Waals surface area (Å²) in [6.07, 6.45) is 1.91. The minimum absolute atomic E-state index is 1.08. The van der Waals surface area contributed by atoms with Gasteiger partial charge in [-0.15, -0.1) is 0 Å². The Bertz CT molecular complexity index is 736. The van der Waals surface area contributed by atoms with Gasteiger partial charge in [0.05, 0.1) is 5.69 Å². The third-order valence-electron chi connectivity index (χ3n) is 3.52. The first kappa shape index (κ1) is 11.9. The minimum Gasteiger partial charge on any atom is -0.256 e. The van der Waals surface area contributed by atoms with Crippen LogP contribution in [0.25, 0.3) is 22.0 Å². The Hall–Kier alpha value is -2.15. The molecule has 0 atom stereocenters. The highest BCUT2D eigenvalue weighted by Gasteiger charge is 2.07. The number of aryl methyl sites for hydroxylation is 3. The van der Waals surface area contributed by atoms with Gasteiger partial charge in [-0.2, -0.15) is 0 Å². The van der Waals surface area contributed by atoms with E-state index in [9.17, 15) is 0 Å². The average molecular weight is 247 g/mol. The Balaban J connectivity index is 2.33. The van der Waals surface area contributed by atoms with Gasteiger partial charge in [0.15, 0.2) is 0 Å². The number of fused-ring (bicyclic) bond motifs is 1. The molecule has 0 saturated carbocycles. The van der Waals surface area contributed by atoms with E-state index in [4.69, 9.17) is 0 Å². The summed E-state index contributed by atoms with van der Waals surface area (Å²) in [6.45, 7) is 6.41. The first-order valence-electron chi connectivity index (χ1n) is 6.58. The van der Waals surface area contributed by atoms with Gasteiger partial charge < -0.3 is 0 Å². The lowest BCUT2D eigenvalue weighted by Crippen LogP contribution is -1.89. The van der Waals surface area contributed by atoms with Crippen molar-refractivity contribution >= 4 is 10.8 Å². The fourth-order valence-corrected chi connectivity index (χ4v) is 2.71. The van der Waals surface area contributed by atoms with E-state index in [0.717, 1.165) is 5.69 Å². The standard InChI is InChI=1S/C18H17N/c1-12-9-13(2)11-15(10-12)18-17-6-4-5-14(3)16(17)7-8-19-18/h4-11H,1-3H3. The number of hydrogen-bond donors (Lipinski definition) is 0. The summed E-state index contributed by atoms with van der Waals surface area (Å²) in [5.41, 5.74) is 6.13. The second-order valence-electron chi connectivity index (χ2n) is 5.21. The molecule has 0 spiro atoms. The Kier molecular flexibility index (Phi) is 2.83. The number of rotatable bonds is 1. The normalized spacial score (nSPS) is 10.9. The van der Waals surface area contributed by atoms with Gasteiger partial charge in [0.1, 0.15) is 0 Å². The minimum atomic E-state index is 1.08. The second-order valence-corrected chi connectivity index (χ2v) is 5.21. The van der Waals surface area contributed by atoms with Crippen molar-refractivity contribution in [1.29, 1.82) is 0 Å². The molecule has 0 N–H and O–H groups in total. The summed E-state index contributed by atoms with van der Waals surface area (Å²) in [4.78, 5) is 4.60. The predicted octanol–water partition coefficient (Wildman–Crippen LogP) is 4.83. The number of aromatic nitrogens is 1. The molecule has 0 unspecified atom stereocenters. The smallest absolute Gasteiger partial charge is 0.0780 e. The molecule has 0 fully saturated rings. The van der Waals surface area contributed by atoms with Crippen LogP contribution in [0.5, 0.6) is 0 Å². The maximum Gasteiger partial charge on any atom is 0.0780 e. The Labute approximate surface area is 113 Å². The van der Waals surface area contributed by atoms with E-state index in [1.807, 2.05) is 6.20 Å². The zero-order valence-electron chi connectivity index (χ0n) is 11.6. The highest BCUT2D eigenvalue weighted by molar-refractivity contribution is 5.96. The van der Waals surface area contributed by atoms with E-state index >= 15 is 0 Å². The van der Waals surface area contributed by atoms with Crippen LogP contribution in [0.1, 0.15) is 16.7 Å². The van der Waals surface area contributed by atoms with E-state index in [1.54, 1.807) is 0 Å². The summed E-state index contributed by atoms with van der Waals surface area (Å²) < 4.78 is 0. The van der Waals surface area contributed by atoms with Crippen LogP contribution in [-0.4, -0.2) is 4.98 Å². The average Bonchev–Trinajstić information content (AvgIpc) is 2.37. The van der Waals surface area contributed by atoms with Crippen LogP contribution >= 0.6 is 0 Å². The second kappa shape index (κ2) is 4.51. The molecular weight excluding hydrogens is 230 g/mol. The molecule has 2 aromatic carbocycles. The van der Waals surface area contributed by atoms with E-state index in [-0.39, 0.29) is 0 Å². The molecule has 0 radical (unpaired) electrons. The zero-order valence-corrected chi connectivity index (χ0v) is 11.6. The van der Waals surface area contributed by atoms with Crippen molar-refractivity contribution in [3.05, 3.63) is 65.4 Å². The Morgan fingerprint density at radius 3 is 2.26 bits per heavy atom.